The number of ether oxygens (including phenoxy) is 8. The number of alkyl halides is 1. The summed E-state index contributed by atoms with van der Waals surface area (Å²) in [6.45, 7) is 7.66. The molecule has 2 aromatic rings. The molecule has 11 heteroatoms. The number of likely N-dealkylation sites (N-methyl/N-ethyl adjacent to an activating group) is 1. The molecule has 43 heavy (non-hydrogen) atoms. The molecule has 10 nitrogen and oxygen atoms in total. The predicted molar refractivity (Wildman–Crippen MR) is 164 cm³/mol. The molecule has 0 saturated carbocycles. The van der Waals surface area contributed by atoms with Gasteiger partial charge in [-0.25, -0.2) is 4.79 Å². The summed E-state index contributed by atoms with van der Waals surface area (Å²) in [7, 11) is 1.71. The van der Waals surface area contributed by atoms with Crippen LogP contribution >= 0.6 is 11.6 Å². The highest BCUT2D eigenvalue weighted by molar-refractivity contribution is 6.17. The molecule has 1 aliphatic carbocycles. The highest BCUT2D eigenvalue weighted by Gasteiger charge is 2.29. The van der Waals surface area contributed by atoms with Crippen molar-refractivity contribution in [2.45, 2.75) is 5.92 Å². The molecule has 0 spiro atoms. The molecule has 0 saturated heterocycles. The van der Waals surface area contributed by atoms with E-state index in [1.54, 1.807) is 7.05 Å². The predicted octanol–water partition coefficient (Wildman–Crippen LogP) is 4.22. The second kappa shape index (κ2) is 22.3. The van der Waals surface area contributed by atoms with Crippen LogP contribution in [0.4, 0.5) is 4.79 Å². The summed E-state index contributed by atoms with van der Waals surface area (Å²) in [6.07, 6.45) is -0.360. The number of benzene rings is 2. The lowest BCUT2D eigenvalue weighted by molar-refractivity contribution is -0.0204. The third kappa shape index (κ3) is 13.5. The minimum absolute atomic E-state index is 0.0450. The number of carbonyl (C=O) groups excluding carboxylic acids is 1. The van der Waals surface area contributed by atoms with E-state index < -0.39 is 0 Å². The first-order chi connectivity index (χ1) is 21.2. The Labute approximate surface area is 260 Å². The van der Waals surface area contributed by atoms with Gasteiger partial charge in [0.1, 0.15) is 6.61 Å². The van der Waals surface area contributed by atoms with Crippen molar-refractivity contribution in [3.63, 3.8) is 0 Å². The van der Waals surface area contributed by atoms with Gasteiger partial charge in [0.15, 0.2) is 0 Å². The fourth-order valence-corrected chi connectivity index (χ4v) is 4.58. The Kier molecular flexibility index (Phi) is 18.2. The number of rotatable bonds is 25. The lowest BCUT2D eigenvalue weighted by Gasteiger charge is -2.19. The zero-order chi connectivity index (χ0) is 30.4. The van der Waals surface area contributed by atoms with Gasteiger partial charge in [-0.1, -0.05) is 48.5 Å². The van der Waals surface area contributed by atoms with Crippen molar-refractivity contribution in [1.29, 1.82) is 0 Å². The van der Waals surface area contributed by atoms with E-state index in [1.165, 1.54) is 27.2 Å². The highest BCUT2D eigenvalue weighted by atomic mass is 35.5. The monoisotopic (exact) mass is 623 g/mol. The largest absolute Gasteiger partial charge is 0.448 e. The number of halogens is 1. The van der Waals surface area contributed by atoms with E-state index in [1.807, 2.05) is 24.3 Å². The molecule has 2 aromatic carbocycles. The molecule has 0 heterocycles. The van der Waals surface area contributed by atoms with E-state index in [-0.39, 0.29) is 12.0 Å². The normalized spacial score (nSPS) is 12.3. The zero-order valence-corrected chi connectivity index (χ0v) is 26.0. The van der Waals surface area contributed by atoms with Crippen molar-refractivity contribution in [2.75, 3.05) is 119 Å². The lowest BCUT2D eigenvalue weighted by atomic mass is 9.98. The summed E-state index contributed by atoms with van der Waals surface area (Å²) in [5, 5.41) is 0. The van der Waals surface area contributed by atoms with Gasteiger partial charge in [0.2, 0.25) is 0 Å². The first-order valence-electron chi connectivity index (χ1n) is 14.9. The highest BCUT2D eigenvalue weighted by Crippen LogP contribution is 2.44. The van der Waals surface area contributed by atoms with Crippen LogP contribution in [0.3, 0.4) is 0 Å². The first kappa shape index (κ1) is 35.2. The molecular weight excluding hydrogens is 578 g/mol. The third-order valence-electron chi connectivity index (χ3n) is 6.67. The van der Waals surface area contributed by atoms with E-state index in [4.69, 9.17) is 49.5 Å². The van der Waals surface area contributed by atoms with Gasteiger partial charge in [-0.15, -0.1) is 11.6 Å². The summed E-state index contributed by atoms with van der Waals surface area (Å²) < 4.78 is 43.7. The SMILES string of the molecule is CN(CCOCCOCCOCCOCCOCCOCCOCCCl)C(=O)OCC1c2ccccc2-c2ccccc21. The Morgan fingerprint density at radius 2 is 0.977 bits per heavy atom. The number of amides is 1. The lowest BCUT2D eigenvalue weighted by Crippen LogP contribution is -2.32. The van der Waals surface area contributed by atoms with Crippen LogP contribution in [0.1, 0.15) is 17.0 Å². The van der Waals surface area contributed by atoms with Crippen molar-refractivity contribution < 1.29 is 42.7 Å². The van der Waals surface area contributed by atoms with Crippen LogP contribution in [0.5, 0.6) is 0 Å². The molecule has 0 radical (unpaired) electrons. The Balaban J connectivity index is 1.08. The molecule has 0 N–H and O–H groups in total. The van der Waals surface area contributed by atoms with Gasteiger partial charge in [-0.05, 0) is 22.3 Å². The molecule has 240 valence electrons. The van der Waals surface area contributed by atoms with E-state index in [0.717, 1.165) is 0 Å². The van der Waals surface area contributed by atoms with Gasteiger partial charge in [-0.3, -0.25) is 0 Å². The van der Waals surface area contributed by atoms with Crippen LogP contribution in [-0.2, 0) is 37.9 Å². The molecule has 1 aliphatic rings. The van der Waals surface area contributed by atoms with Gasteiger partial charge >= 0.3 is 6.09 Å². The van der Waals surface area contributed by atoms with Crippen molar-refractivity contribution in [1.82, 2.24) is 4.90 Å². The molecule has 3 rings (SSSR count). The first-order valence-corrected chi connectivity index (χ1v) is 15.4. The van der Waals surface area contributed by atoms with Gasteiger partial charge in [-0.2, -0.15) is 0 Å². The van der Waals surface area contributed by atoms with Gasteiger partial charge in [0.05, 0.1) is 92.5 Å². The third-order valence-corrected chi connectivity index (χ3v) is 6.83. The summed E-state index contributed by atoms with van der Waals surface area (Å²) in [4.78, 5) is 14.1. The van der Waals surface area contributed by atoms with Crippen molar-refractivity contribution >= 4 is 17.7 Å². The molecule has 0 unspecified atom stereocenters. The summed E-state index contributed by atoms with van der Waals surface area (Å²) in [5.41, 5.74) is 4.81. The minimum atomic E-state index is -0.360. The maximum atomic E-state index is 12.6. The second-order valence-electron chi connectivity index (χ2n) is 9.70. The van der Waals surface area contributed by atoms with Gasteiger partial charge in [0, 0.05) is 25.4 Å². The standard InChI is InChI=1S/C32H46ClNO9/c1-34(32(35)43-26-31-29-8-4-2-6-27(29)28-7-3-5-9-30(28)31)11-13-37-15-17-39-19-21-41-23-25-42-24-22-40-20-18-38-16-14-36-12-10-33/h2-9,31H,10-26H2,1H3. The average molecular weight is 624 g/mol. The Bertz CT molecular complexity index is 982. The quantitative estimate of drug-likeness (QED) is 0.119. The Hall–Kier alpha value is -2.28. The number of nitrogens with zero attached hydrogens (tertiary/aromatic N) is 1. The van der Waals surface area contributed by atoms with Crippen LogP contribution < -0.4 is 0 Å². The van der Waals surface area contributed by atoms with Crippen molar-refractivity contribution in [2.24, 2.45) is 0 Å². The molecule has 0 atom stereocenters. The fraction of sp³-hybridized carbons (Fsp3) is 0.594. The van der Waals surface area contributed by atoms with Gasteiger partial charge < -0.3 is 42.8 Å². The maximum absolute atomic E-state index is 12.6. The van der Waals surface area contributed by atoms with Crippen LogP contribution in [-0.4, -0.2) is 130 Å². The maximum Gasteiger partial charge on any atom is 0.409 e. The zero-order valence-electron chi connectivity index (χ0n) is 25.2. The van der Waals surface area contributed by atoms with Crippen LogP contribution in [0.15, 0.2) is 48.5 Å². The average Bonchev–Trinajstić information content (AvgIpc) is 3.35. The molecule has 0 aromatic heterocycles. The van der Waals surface area contributed by atoms with E-state index in [0.29, 0.717) is 112 Å². The van der Waals surface area contributed by atoms with E-state index in [9.17, 15) is 4.79 Å². The van der Waals surface area contributed by atoms with Crippen LogP contribution in [0, 0.1) is 0 Å². The fourth-order valence-electron chi connectivity index (χ4n) is 4.47. The molecular formula is C32H46ClNO9. The number of hydrogen-bond donors (Lipinski definition) is 0. The number of hydrogen-bond acceptors (Lipinski definition) is 9. The molecule has 0 fully saturated rings. The smallest absolute Gasteiger partial charge is 0.409 e. The van der Waals surface area contributed by atoms with E-state index >= 15 is 0 Å². The summed E-state index contributed by atoms with van der Waals surface area (Å²) in [5.74, 6) is 0.539. The molecule has 0 bridgehead atoms. The van der Waals surface area contributed by atoms with Gasteiger partial charge in [0.25, 0.3) is 0 Å². The second-order valence-corrected chi connectivity index (χ2v) is 10.1. The van der Waals surface area contributed by atoms with Crippen molar-refractivity contribution in [3.8, 4) is 11.1 Å². The number of fused-ring (bicyclic) bond motifs is 3. The topological polar surface area (TPSA) is 94.2 Å². The molecule has 1 amide bonds. The Morgan fingerprint density at radius 3 is 1.40 bits per heavy atom. The minimum Gasteiger partial charge on any atom is -0.448 e. The molecule has 0 aliphatic heterocycles. The Morgan fingerprint density at radius 1 is 0.605 bits per heavy atom. The van der Waals surface area contributed by atoms with Crippen LogP contribution in [0.25, 0.3) is 11.1 Å². The van der Waals surface area contributed by atoms with Crippen LogP contribution in [0.2, 0.25) is 0 Å². The summed E-state index contributed by atoms with van der Waals surface area (Å²) in [6, 6.07) is 16.6. The van der Waals surface area contributed by atoms with E-state index in [2.05, 4.69) is 24.3 Å². The van der Waals surface area contributed by atoms with Crippen molar-refractivity contribution in [3.05, 3.63) is 59.7 Å². The number of carbonyl (C=O) groups is 1. The summed E-state index contributed by atoms with van der Waals surface area (Å²) >= 11 is 5.51.